The van der Waals surface area contributed by atoms with Crippen LogP contribution in [0.25, 0.3) is 0 Å². The second kappa shape index (κ2) is 3.45. The summed E-state index contributed by atoms with van der Waals surface area (Å²) in [5.41, 5.74) is 0. The zero-order valence-corrected chi connectivity index (χ0v) is 4.26. The minimum absolute atomic E-state index is 0.704. The van der Waals surface area contributed by atoms with Crippen molar-refractivity contribution in [1.29, 1.82) is 0 Å². The molecule has 1 nitrogen and oxygen atoms in total. The second-order valence-corrected chi connectivity index (χ2v) is 1.14. The fourth-order valence-corrected chi connectivity index (χ4v) is 0.238. The number of aliphatic hydroxyl groups excluding tert-OH is 1. The molecular formula is C6H8O. The van der Waals surface area contributed by atoms with Crippen molar-refractivity contribution >= 4 is 0 Å². The highest BCUT2D eigenvalue weighted by atomic mass is 16.3. The molecule has 0 bridgehead atoms. The molecule has 1 heteroatoms. The summed E-state index contributed by atoms with van der Waals surface area (Å²) in [7, 11) is 0. The van der Waals surface area contributed by atoms with Gasteiger partial charge in [-0.3, -0.25) is 0 Å². The summed E-state index contributed by atoms with van der Waals surface area (Å²) >= 11 is 0. The van der Waals surface area contributed by atoms with E-state index in [2.05, 4.69) is 5.92 Å². The first-order valence-electron chi connectivity index (χ1n) is 2.08. The van der Waals surface area contributed by atoms with Crippen LogP contribution in [0.1, 0.15) is 6.92 Å². The van der Waals surface area contributed by atoms with Gasteiger partial charge in [-0.05, 0) is 13.0 Å². The molecule has 1 N–H and O–H groups in total. The topological polar surface area (TPSA) is 20.2 Å². The van der Waals surface area contributed by atoms with Crippen molar-refractivity contribution in [3.8, 4) is 12.3 Å². The van der Waals surface area contributed by atoms with Crippen LogP contribution in [0.15, 0.2) is 12.2 Å². The Hall–Kier alpha value is -0.740. The maximum Gasteiger partial charge on any atom is 0.133 e. The van der Waals surface area contributed by atoms with E-state index in [1.807, 2.05) is 0 Å². The second-order valence-electron chi connectivity index (χ2n) is 1.14. The highest BCUT2D eigenvalue weighted by Gasteiger charge is 1.83. The lowest BCUT2D eigenvalue weighted by molar-refractivity contribution is 0.281. The predicted octanol–water partition coefficient (Wildman–Crippen LogP) is 0.557. The van der Waals surface area contributed by atoms with Crippen LogP contribution in [0, 0.1) is 12.3 Å². The van der Waals surface area contributed by atoms with E-state index in [0.29, 0.717) is 0 Å². The molecule has 0 aliphatic heterocycles. The number of hydrogen-bond acceptors (Lipinski definition) is 1. The molecule has 0 fully saturated rings. The molecule has 0 saturated heterocycles. The van der Waals surface area contributed by atoms with E-state index in [1.165, 1.54) is 0 Å². The van der Waals surface area contributed by atoms with E-state index in [0.717, 1.165) is 0 Å². The fourth-order valence-electron chi connectivity index (χ4n) is 0.238. The van der Waals surface area contributed by atoms with Crippen LogP contribution in [0.2, 0.25) is 0 Å². The minimum Gasteiger partial charge on any atom is -0.377 e. The molecule has 0 saturated carbocycles. The third kappa shape index (κ3) is 3.08. The van der Waals surface area contributed by atoms with Crippen LogP contribution in [0.4, 0.5) is 0 Å². The first-order chi connectivity index (χ1) is 3.31. The summed E-state index contributed by atoms with van der Waals surface area (Å²) in [6.45, 7) is 1.81. The Morgan fingerprint density at radius 2 is 2.43 bits per heavy atom. The third-order valence-corrected chi connectivity index (χ3v) is 0.546. The molecule has 0 rings (SSSR count). The Morgan fingerprint density at radius 3 is 2.57 bits per heavy atom. The predicted molar refractivity (Wildman–Crippen MR) is 29.7 cm³/mol. The van der Waals surface area contributed by atoms with Gasteiger partial charge in [0, 0.05) is 0 Å². The summed E-state index contributed by atoms with van der Waals surface area (Å²) in [5.74, 6) is 2.13. The summed E-state index contributed by atoms with van der Waals surface area (Å²) in [5, 5.41) is 8.54. The summed E-state index contributed by atoms with van der Waals surface area (Å²) in [6, 6.07) is 0. The van der Waals surface area contributed by atoms with Crippen LogP contribution in [0.3, 0.4) is 0 Å². The lowest BCUT2D eigenvalue weighted by atomic mass is 10.3. The summed E-state index contributed by atoms with van der Waals surface area (Å²) in [4.78, 5) is 0. The molecule has 0 aromatic carbocycles. The van der Waals surface area contributed by atoms with E-state index in [4.69, 9.17) is 11.5 Å². The van der Waals surface area contributed by atoms with E-state index in [9.17, 15) is 0 Å². The third-order valence-electron chi connectivity index (χ3n) is 0.546. The average molecular weight is 96.1 g/mol. The van der Waals surface area contributed by atoms with Crippen LogP contribution in [0.5, 0.6) is 0 Å². The normalized spacial score (nSPS) is 13.9. The number of rotatable bonds is 1. The van der Waals surface area contributed by atoms with Crippen molar-refractivity contribution in [3.05, 3.63) is 12.2 Å². The van der Waals surface area contributed by atoms with Crippen LogP contribution < -0.4 is 0 Å². The van der Waals surface area contributed by atoms with Gasteiger partial charge in [-0.2, -0.15) is 0 Å². The lowest BCUT2D eigenvalue weighted by Gasteiger charge is -1.87. The Balaban J connectivity index is 3.42. The van der Waals surface area contributed by atoms with E-state index in [1.54, 1.807) is 19.1 Å². The number of allylic oxidation sites excluding steroid dienone is 1. The minimum atomic E-state index is -0.704. The van der Waals surface area contributed by atoms with Gasteiger partial charge in [0.2, 0.25) is 0 Å². The van der Waals surface area contributed by atoms with Gasteiger partial charge in [0.25, 0.3) is 0 Å². The van der Waals surface area contributed by atoms with Gasteiger partial charge in [0.05, 0.1) is 0 Å². The number of hydrogen-bond donors (Lipinski definition) is 1. The zero-order chi connectivity index (χ0) is 5.70. The molecule has 0 aromatic heterocycles. The molecule has 1 atom stereocenters. The molecule has 0 radical (unpaired) electrons. The van der Waals surface area contributed by atoms with Crippen molar-refractivity contribution < 1.29 is 5.11 Å². The molecule has 7 heavy (non-hydrogen) atoms. The first kappa shape index (κ1) is 6.26. The van der Waals surface area contributed by atoms with E-state index in [-0.39, 0.29) is 0 Å². The number of aliphatic hydroxyl groups is 1. The smallest absolute Gasteiger partial charge is 0.133 e. The SMILES string of the molecule is C#CC(O)/C=C/C. The van der Waals surface area contributed by atoms with Crippen molar-refractivity contribution in [3.63, 3.8) is 0 Å². The standard InChI is InChI=1S/C6H8O/c1-3-5-6(7)4-2/h2-3,5-7H,1H3/b5-3+. The van der Waals surface area contributed by atoms with E-state index < -0.39 is 6.10 Å². The van der Waals surface area contributed by atoms with Crippen LogP contribution in [-0.2, 0) is 0 Å². The molecule has 0 spiro atoms. The molecular weight excluding hydrogens is 88.1 g/mol. The van der Waals surface area contributed by atoms with Gasteiger partial charge in [0.1, 0.15) is 6.10 Å². The van der Waals surface area contributed by atoms with Crippen LogP contribution in [-0.4, -0.2) is 11.2 Å². The van der Waals surface area contributed by atoms with Gasteiger partial charge in [-0.15, -0.1) is 6.42 Å². The molecule has 0 aliphatic rings. The van der Waals surface area contributed by atoms with Crippen molar-refractivity contribution in [2.45, 2.75) is 13.0 Å². The van der Waals surface area contributed by atoms with Gasteiger partial charge in [-0.25, -0.2) is 0 Å². The first-order valence-corrected chi connectivity index (χ1v) is 2.08. The fraction of sp³-hybridized carbons (Fsp3) is 0.333. The molecule has 0 heterocycles. The number of terminal acetylenes is 1. The maximum absolute atomic E-state index is 8.54. The zero-order valence-electron chi connectivity index (χ0n) is 4.26. The van der Waals surface area contributed by atoms with Crippen molar-refractivity contribution in [2.75, 3.05) is 0 Å². The van der Waals surface area contributed by atoms with Gasteiger partial charge in [-0.1, -0.05) is 12.0 Å². The van der Waals surface area contributed by atoms with Gasteiger partial charge < -0.3 is 5.11 Å². The quantitative estimate of drug-likeness (QED) is 0.373. The lowest BCUT2D eigenvalue weighted by Crippen LogP contribution is -1.94. The molecule has 0 aliphatic carbocycles. The van der Waals surface area contributed by atoms with Gasteiger partial charge >= 0.3 is 0 Å². The largest absolute Gasteiger partial charge is 0.377 e. The Labute approximate surface area is 43.7 Å². The summed E-state index contributed by atoms with van der Waals surface area (Å²) in [6.07, 6.45) is 7.36. The van der Waals surface area contributed by atoms with Crippen molar-refractivity contribution in [2.24, 2.45) is 0 Å². The van der Waals surface area contributed by atoms with Crippen molar-refractivity contribution in [1.82, 2.24) is 0 Å². The highest BCUT2D eigenvalue weighted by Crippen LogP contribution is 1.79. The Kier molecular flexibility index (Phi) is 3.09. The maximum atomic E-state index is 8.54. The van der Waals surface area contributed by atoms with Gasteiger partial charge in [0.15, 0.2) is 0 Å². The van der Waals surface area contributed by atoms with Crippen LogP contribution >= 0.6 is 0 Å². The van der Waals surface area contributed by atoms with E-state index >= 15 is 0 Å². The average Bonchev–Trinajstić information content (AvgIpc) is 1.68. The molecule has 0 amide bonds. The summed E-state index contributed by atoms with van der Waals surface area (Å²) < 4.78 is 0. The molecule has 0 aromatic rings. The Bertz CT molecular complexity index is 97.2. The Morgan fingerprint density at radius 1 is 1.86 bits per heavy atom. The highest BCUT2D eigenvalue weighted by molar-refractivity contribution is 5.04. The monoisotopic (exact) mass is 96.1 g/mol. The molecule has 1 unspecified atom stereocenters. The molecule has 38 valence electrons.